The number of likely N-dealkylation sites (tertiary alicyclic amines) is 2. The summed E-state index contributed by atoms with van der Waals surface area (Å²) in [7, 11) is 3.43. The molecule has 2 amide bonds. The molecule has 10 heteroatoms. The molecule has 3 aromatic rings. The topological polar surface area (TPSA) is 99.7 Å². The first kappa shape index (κ1) is 26.4. The molecule has 0 spiro atoms. The number of nitrogens with zero attached hydrogens (tertiary/aromatic N) is 7. The number of hydrogen-bond acceptors (Lipinski definition) is 6. The molecule has 204 valence electrons. The standard InChI is InChI=1S/C28H39N7O3/c1-20(2)32-13-9-22(10-14-32)21-5-7-23(8-6-21)35-25-24(17-30-35)26(36)34(19-29-25)18-28(38)11-15-33(16-12-28)27(37)31(3)4/h5-8,17,19-20,22,38H,9-16,18H2,1-4H3. The third-order valence-corrected chi connectivity index (χ3v) is 8.24. The van der Waals surface area contributed by atoms with Gasteiger partial charge >= 0.3 is 6.03 Å². The fraction of sp³-hybridized carbons (Fsp3) is 0.571. The molecule has 2 aliphatic heterocycles. The third kappa shape index (κ3) is 5.19. The summed E-state index contributed by atoms with van der Waals surface area (Å²) in [5, 5.41) is 16.0. The molecule has 10 nitrogen and oxygen atoms in total. The zero-order valence-corrected chi connectivity index (χ0v) is 22.9. The van der Waals surface area contributed by atoms with Crippen LogP contribution in [0, 0.1) is 0 Å². The predicted molar refractivity (Wildman–Crippen MR) is 147 cm³/mol. The van der Waals surface area contributed by atoms with Gasteiger partial charge in [-0.25, -0.2) is 14.5 Å². The average Bonchev–Trinajstić information content (AvgIpc) is 3.35. The lowest BCUT2D eigenvalue weighted by atomic mass is 9.89. The molecule has 0 radical (unpaired) electrons. The minimum atomic E-state index is -1.07. The predicted octanol–water partition coefficient (Wildman–Crippen LogP) is 2.68. The number of fused-ring (bicyclic) bond motifs is 1. The Hall–Kier alpha value is -3.24. The molecule has 2 saturated heterocycles. The van der Waals surface area contributed by atoms with Crippen LogP contribution in [0.4, 0.5) is 4.79 Å². The highest BCUT2D eigenvalue weighted by atomic mass is 16.3. The Labute approximate surface area is 223 Å². The van der Waals surface area contributed by atoms with Gasteiger partial charge < -0.3 is 19.8 Å². The van der Waals surface area contributed by atoms with Crippen molar-refractivity contribution in [2.24, 2.45) is 0 Å². The summed E-state index contributed by atoms with van der Waals surface area (Å²) in [6.07, 6.45) is 6.19. The van der Waals surface area contributed by atoms with Crippen LogP contribution in [-0.2, 0) is 6.54 Å². The molecule has 2 fully saturated rings. The Balaban J connectivity index is 1.29. The molecule has 38 heavy (non-hydrogen) atoms. The fourth-order valence-electron chi connectivity index (χ4n) is 5.76. The zero-order chi connectivity index (χ0) is 27.0. The summed E-state index contributed by atoms with van der Waals surface area (Å²) >= 11 is 0. The van der Waals surface area contributed by atoms with Crippen molar-refractivity contribution in [3.63, 3.8) is 0 Å². The highest BCUT2D eigenvalue weighted by molar-refractivity contribution is 5.75. The first-order valence-electron chi connectivity index (χ1n) is 13.6. The number of carbonyl (C=O) groups excluding carboxylic acids is 1. The van der Waals surface area contributed by atoms with E-state index in [9.17, 15) is 14.7 Å². The van der Waals surface area contributed by atoms with E-state index in [0.29, 0.717) is 48.9 Å². The number of rotatable bonds is 5. The van der Waals surface area contributed by atoms with Crippen molar-refractivity contribution in [2.45, 2.75) is 63.6 Å². The van der Waals surface area contributed by atoms with Crippen LogP contribution in [0.15, 0.2) is 41.6 Å². The van der Waals surface area contributed by atoms with Crippen LogP contribution in [0.5, 0.6) is 0 Å². The van der Waals surface area contributed by atoms with Gasteiger partial charge in [0.1, 0.15) is 11.7 Å². The van der Waals surface area contributed by atoms with E-state index in [2.05, 4.69) is 53.1 Å². The number of piperidine rings is 2. The van der Waals surface area contributed by atoms with E-state index in [1.54, 1.807) is 29.9 Å². The monoisotopic (exact) mass is 521 g/mol. The Morgan fingerprint density at radius 2 is 1.76 bits per heavy atom. The summed E-state index contributed by atoms with van der Waals surface area (Å²) in [5.41, 5.74) is 1.41. The summed E-state index contributed by atoms with van der Waals surface area (Å²) in [4.78, 5) is 35.8. The van der Waals surface area contributed by atoms with Crippen molar-refractivity contribution in [3.05, 3.63) is 52.7 Å². The number of carbonyl (C=O) groups is 1. The Morgan fingerprint density at radius 1 is 1.11 bits per heavy atom. The molecule has 1 N–H and O–H groups in total. The quantitative estimate of drug-likeness (QED) is 0.554. The first-order valence-corrected chi connectivity index (χ1v) is 13.6. The normalized spacial score (nSPS) is 18.8. The van der Waals surface area contributed by atoms with Crippen LogP contribution in [0.25, 0.3) is 16.7 Å². The van der Waals surface area contributed by atoms with Crippen LogP contribution < -0.4 is 5.56 Å². The summed E-state index contributed by atoms with van der Waals surface area (Å²) in [6.45, 7) is 7.80. The minimum Gasteiger partial charge on any atom is -0.388 e. The van der Waals surface area contributed by atoms with Crippen molar-refractivity contribution in [1.82, 2.24) is 34.0 Å². The number of benzene rings is 1. The molecule has 2 aromatic heterocycles. The molecule has 1 aromatic carbocycles. The lowest BCUT2D eigenvalue weighted by Crippen LogP contribution is -2.51. The first-order chi connectivity index (χ1) is 18.1. The van der Waals surface area contributed by atoms with Crippen molar-refractivity contribution >= 4 is 17.1 Å². The highest BCUT2D eigenvalue weighted by Gasteiger charge is 2.35. The van der Waals surface area contributed by atoms with Gasteiger partial charge in [0, 0.05) is 33.2 Å². The van der Waals surface area contributed by atoms with E-state index >= 15 is 0 Å². The van der Waals surface area contributed by atoms with E-state index in [1.165, 1.54) is 34.2 Å². The highest BCUT2D eigenvalue weighted by Crippen LogP contribution is 2.30. The van der Waals surface area contributed by atoms with Gasteiger partial charge in [-0.2, -0.15) is 5.10 Å². The van der Waals surface area contributed by atoms with Crippen LogP contribution in [0.2, 0.25) is 0 Å². The lowest BCUT2D eigenvalue weighted by molar-refractivity contribution is -0.0282. The van der Waals surface area contributed by atoms with Crippen molar-refractivity contribution in [3.8, 4) is 5.69 Å². The van der Waals surface area contributed by atoms with Gasteiger partial charge in [-0.15, -0.1) is 0 Å². The van der Waals surface area contributed by atoms with Gasteiger partial charge in [0.2, 0.25) is 0 Å². The second-order valence-corrected chi connectivity index (χ2v) is 11.4. The van der Waals surface area contributed by atoms with Gasteiger partial charge in [-0.3, -0.25) is 9.36 Å². The second-order valence-electron chi connectivity index (χ2n) is 11.4. The molecule has 0 bridgehead atoms. The summed E-state index contributed by atoms with van der Waals surface area (Å²) in [5.74, 6) is 0.567. The molecule has 5 rings (SSSR count). The molecule has 0 aliphatic carbocycles. The number of aromatic nitrogens is 4. The van der Waals surface area contributed by atoms with Crippen LogP contribution in [0.3, 0.4) is 0 Å². The Kier molecular flexibility index (Phi) is 7.28. The van der Waals surface area contributed by atoms with Gasteiger partial charge in [0.25, 0.3) is 5.56 Å². The third-order valence-electron chi connectivity index (χ3n) is 8.24. The zero-order valence-electron chi connectivity index (χ0n) is 22.9. The van der Waals surface area contributed by atoms with Gasteiger partial charge in [-0.1, -0.05) is 12.1 Å². The number of aliphatic hydroxyl groups is 1. The minimum absolute atomic E-state index is 0.0655. The van der Waals surface area contributed by atoms with Crippen LogP contribution in [-0.4, -0.2) is 97.1 Å². The number of urea groups is 1. The molecule has 0 unspecified atom stereocenters. The second kappa shape index (κ2) is 10.5. The molecular formula is C28H39N7O3. The van der Waals surface area contributed by atoms with Gasteiger partial charge in [0.05, 0.1) is 24.0 Å². The van der Waals surface area contributed by atoms with Crippen molar-refractivity contribution < 1.29 is 9.90 Å². The summed E-state index contributed by atoms with van der Waals surface area (Å²) < 4.78 is 3.16. The SMILES string of the molecule is CC(C)N1CCC(c2ccc(-n3ncc4c(=O)n(CC5(O)CCN(C(=O)N(C)C)CC5)cnc43)cc2)CC1. The Morgan fingerprint density at radius 3 is 2.37 bits per heavy atom. The van der Waals surface area contributed by atoms with Crippen LogP contribution in [0.1, 0.15) is 51.0 Å². The van der Waals surface area contributed by atoms with E-state index in [4.69, 9.17) is 0 Å². The Bertz CT molecular complexity index is 1330. The van der Waals surface area contributed by atoms with Crippen LogP contribution >= 0.6 is 0 Å². The maximum Gasteiger partial charge on any atom is 0.319 e. The molecule has 2 aliphatic rings. The lowest BCUT2D eigenvalue weighted by Gasteiger charge is -2.39. The van der Waals surface area contributed by atoms with E-state index < -0.39 is 5.60 Å². The van der Waals surface area contributed by atoms with Crippen molar-refractivity contribution in [2.75, 3.05) is 40.3 Å². The number of hydrogen-bond donors (Lipinski definition) is 1. The average molecular weight is 522 g/mol. The molecular weight excluding hydrogens is 482 g/mol. The van der Waals surface area contributed by atoms with Gasteiger partial charge in [-0.05, 0) is 76.2 Å². The molecule has 0 saturated carbocycles. The number of amides is 2. The van der Waals surface area contributed by atoms with E-state index in [1.807, 2.05) is 0 Å². The van der Waals surface area contributed by atoms with Gasteiger partial charge in [0.15, 0.2) is 5.65 Å². The smallest absolute Gasteiger partial charge is 0.319 e. The summed E-state index contributed by atoms with van der Waals surface area (Å²) in [6, 6.07) is 8.97. The maximum atomic E-state index is 13.3. The fourth-order valence-corrected chi connectivity index (χ4v) is 5.76. The largest absolute Gasteiger partial charge is 0.388 e. The molecule has 4 heterocycles. The van der Waals surface area contributed by atoms with E-state index in [0.717, 1.165) is 18.8 Å². The molecule has 0 atom stereocenters. The van der Waals surface area contributed by atoms with E-state index in [-0.39, 0.29) is 18.1 Å². The van der Waals surface area contributed by atoms with Crippen molar-refractivity contribution in [1.29, 1.82) is 0 Å². The maximum absolute atomic E-state index is 13.3.